The molecule has 0 aromatic heterocycles. The lowest BCUT2D eigenvalue weighted by Crippen LogP contribution is -2.65. The van der Waals surface area contributed by atoms with Crippen molar-refractivity contribution in [2.45, 2.75) is 247 Å². The van der Waals surface area contributed by atoms with Crippen LogP contribution in [-0.4, -0.2) is 313 Å². The summed E-state index contributed by atoms with van der Waals surface area (Å²) in [5, 5.41) is 53.5. The summed E-state index contributed by atoms with van der Waals surface area (Å²) in [6.45, 7) is 27.2. The first-order valence-corrected chi connectivity index (χ1v) is 37.4. The smallest absolute Gasteiger partial charge is 0.308 e. The molecule has 109 heavy (non-hydrogen) atoms. The van der Waals surface area contributed by atoms with Gasteiger partial charge in [0.25, 0.3) is 12.1 Å². The number of hydrogen-bond donors (Lipinski definition) is 6. The molecule has 0 radical (unpaired) electrons. The molecule has 16 atom stereocenters. The highest BCUT2D eigenvalue weighted by Gasteiger charge is 2.64. The van der Waals surface area contributed by atoms with Crippen LogP contribution in [0.15, 0.2) is 24.3 Å². The summed E-state index contributed by atoms with van der Waals surface area (Å²) in [6, 6.07) is -7.64. The van der Waals surface area contributed by atoms with Crippen molar-refractivity contribution in [3.63, 3.8) is 0 Å². The summed E-state index contributed by atoms with van der Waals surface area (Å²) in [5.74, 6) is -18.6. The topological polar surface area (TPSA) is 398 Å². The first-order chi connectivity index (χ1) is 50.0. The van der Waals surface area contributed by atoms with Crippen LogP contribution in [0.5, 0.6) is 0 Å². The van der Waals surface area contributed by atoms with Crippen LogP contribution in [0, 0.1) is 41.4 Å². The maximum absolute atomic E-state index is 15.6. The SMILES string of the molecule is CC[C@H](C)[C@@H]1NC(=O)[C@H](C(C)C)N(C)C(=O)[C@@H]2C[C@@]3(O)c4ccccc4N(O)[C@H]3N2C(=O)CN(C)C(=O)[C@H]([C@@H](C)CC)N(C)C(=O)[C@@H](C(C)C)NC(=O)[C@@H](OC(C)=O)N(C)C(=O)[C@H]([C@@H](C)[C@H](C)OC(=O)CC(C)(C)O)N(C)C(=O)[C@H](C(C)(C)O)N(C)C(=O)CN(C)C(=O)[C@H](C(C)C)N(C)C(=O)[C@H](C(C)C)N(C)C1=O. The number of aliphatic hydroxyl groups is 3. The standard InChI is InChI=1S/C76H125N13O20/c1-29-43(11)55-66(98)83(24)58(42(9)10)69(101)84(25)57(41(7)8)67(99)79(20)37-51(91)81(22)61(75(18,19)105)71(103)86(27)60(45(13)46(14)108-53(93)36-74(16,17)104)70(102)87(28)72(109-47(15)90)63(95)77-54(39(3)4)65(97)85(26)59(44(12)30-2)68(100)80(21)38-52(92)88-50(64(96)82(23)56(40(5)6)62(94)78-55)35-76(106)48-33-31-32-34-49(48)89(107)73(76)88/h31-34,39-46,50,54-61,72-73,104-107H,29-30,35-38H2,1-28H3,(H,77,95)(H,78,94)/t43-,44-,45-,46-,50-,54+,55-,56-,57-,58-,59-,60-,61+,72+,73+,76+/m0/s1. The summed E-state index contributed by atoms with van der Waals surface area (Å²) in [7, 11) is 11.2. The second kappa shape index (κ2) is 37.0. The van der Waals surface area contributed by atoms with Gasteiger partial charge in [0.05, 0.1) is 36.4 Å². The van der Waals surface area contributed by atoms with Crippen LogP contribution in [-0.2, 0) is 82.2 Å². The summed E-state index contributed by atoms with van der Waals surface area (Å²) in [4.78, 5) is 219. The maximum Gasteiger partial charge on any atom is 0.308 e. The predicted molar refractivity (Wildman–Crippen MR) is 401 cm³/mol. The van der Waals surface area contributed by atoms with Crippen molar-refractivity contribution in [2.24, 2.45) is 41.4 Å². The fourth-order valence-electron chi connectivity index (χ4n) is 15.1. The normalized spacial score (nSPS) is 27.6. The van der Waals surface area contributed by atoms with E-state index in [-0.39, 0.29) is 17.7 Å². The van der Waals surface area contributed by atoms with Crippen molar-refractivity contribution in [1.29, 1.82) is 0 Å². The Bertz CT molecular complexity index is 3520. The number of nitrogens with zero attached hydrogens (tertiary/aromatic N) is 11. The molecule has 1 aromatic carbocycles. The van der Waals surface area contributed by atoms with Gasteiger partial charge >= 0.3 is 11.9 Å². The highest BCUT2D eigenvalue weighted by molar-refractivity contribution is 6.01. The molecule has 0 aliphatic carbocycles. The van der Waals surface area contributed by atoms with Gasteiger partial charge in [-0.2, -0.15) is 0 Å². The molecular weight excluding hydrogens is 1410 g/mol. The van der Waals surface area contributed by atoms with Crippen molar-refractivity contribution in [3.05, 3.63) is 29.8 Å². The Kier molecular flexibility index (Phi) is 31.5. The van der Waals surface area contributed by atoms with Crippen LogP contribution < -0.4 is 15.7 Å². The number of fused-ring (bicyclic) bond motifs is 5. The maximum atomic E-state index is 15.6. The number of nitrogens with one attached hydrogen (secondary N) is 2. The number of rotatable bonds is 15. The Morgan fingerprint density at radius 1 is 0.532 bits per heavy atom. The zero-order valence-electron chi connectivity index (χ0n) is 69.3. The van der Waals surface area contributed by atoms with Crippen LogP contribution in [0.25, 0.3) is 0 Å². The van der Waals surface area contributed by atoms with E-state index in [4.69, 9.17) is 9.47 Å². The van der Waals surface area contributed by atoms with Crippen molar-refractivity contribution in [2.75, 3.05) is 81.6 Å². The number of para-hydroxylation sites is 1. The third-order valence-electron chi connectivity index (χ3n) is 21.7. The molecule has 33 nitrogen and oxygen atoms in total. The third-order valence-corrected chi connectivity index (χ3v) is 21.7. The monoisotopic (exact) mass is 1540 g/mol. The fraction of sp³-hybridized carbons (Fsp3) is 0.737. The second-order valence-electron chi connectivity index (χ2n) is 32.8. The molecule has 3 heterocycles. The number of hydrogen-bond acceptors (Lipinski definition) is 21. The van der Waals surface area contributed by atoms with Crippen molar-refractivity contribution in [3.8, 4) is 0 Å². The second-order valence-corrected chi connectivity index (χ2v) is 32.8. The number of carbonyl (C=O) groups is 14. The number of carbonyl (C=O) groups excluding carboxylic acids is 14. The lowest BCUT2D eigenvalue weighted by Gasteiger charge is -2.43. The zero-order chi connectivity index (χ0) is 84.0. The average Bonchev–Trinajstić information content (AvgIpc) is 1.54. The molecule has 3 aliphatic rings. The average molecular weight is 1540 g/mol. The van der Waals surface area contributed by atoms with Crippen molar-refractivity contribution in [1.82, 2.24) is 59.6 Å². The van der Waals surface area contributed by atoms with Crippen LogP contribution in [0.4, 0.5) is 5.69 Å². The van der Waals surface area contributed by atoms with E-state index >= 15 is 47.9 Å². The quantitative estimate of drug-likeness (QED) is 0.135. The molecule has 0 saturated carbocycles. The molecule has 0 bridgehead atoms. The van der Waals surface area contributed by atoms with Crippen molar-refractivity contribution < 1.29 is 97.1 Å². The molecule has 614 valence electrons. The fourth-order valence-corrected chi connectivity index (χ4v) is 15.1. The molecule has 4 rings (SSSR count). The summed E-state index contributed by atoms with van der Waals surface area (Å²) in [6.07, 6.45) is -5.78. The molecule has 3 aliphatic heterocycles. The van der Waals surface area contributed by atoms with Crippen LogP contribution in [0.2, 0.25) is 0 Å². The number of hydroxylamine groups is 1. The van der Waals surface area contributed by atoms with Gasteiger partial charge in [0.15, 0.2) is 6.17 Å². The minimum atomic E-state index is -2.26. The van der Waals surface area contributed by atoms with Gasteiger partial charge < -0.3 is 84.4 Å². The van der Waals surface area contributed by atoms with Gasteiger partial charge in [-0.05, 0) is 76.2 Å². The minimum absolute atomic E-state index is 0.103. The molecule has 2 fully saturated rings. The van der Waals surface area contributed by atoms with Crippen LogP contribution in [0.3, 0.4) is 0 Å². The van der Waals surface area contributed by atoms with Crippen LogP contribution in [0.1, 0.15) is 163 Å². The molecule has 1 aromatic rings. The Hall–Kier alpha value is -8.56. The van der Waals surface area contributed by atoms with Gasteiger partial charge in [-0.1, -0.05) is 121 Å². The molecule has 0 unspecified atom stereocenters. The molecular formula is C76H125N13O20. The van der Waals surface area contributed by atoms with Gasteiger partial charge in [0.2, 0.25) is 65.0 Å². The summed E-state index contributed by atoms with van der Waals surface area (Å²) < 4.78 is 11.3. The number of anilines is 1. The van der Waals surface area contributed by atoms with E-state index in [1.165, 1.54) is 108 Å². The number of likely N-dealkylation sites (N-methyl/N-ethyl adjacent to an activating group) is 9. The minimum Gasteiger partial charge on any atom is -0.462 e. The molecule has 33 heteroatoms. The van der Waals surface area contributed by atoms with Crippen molar-refractivity contribution >= 4 is 88.5 Å². The first kappa shape index (κ1) is 92.8. The van der Waals surface area contributed by atoms with Gasteiger partial charge in [0, 0.05) is 88.3 Å². The van der Waals surface area contributed by atoms with Gasteiger partial charge in [-0.3, -0.25) is 72.3 Å². The van der Waals surface area contributed by atoms with Gasteiger partial charge in [0.1, 0.15) is 66.1 Å². The Morgan fingerprint density at radius 2 is 0.972 bits per heavy atom. The Morgan fingerprint density at radius 3 is 1.46 bits per heavy atom. The van der Waals surface area contributed by atoms with E-state index in [0.717, 1.165) is 60.2 Å². The highest BCUT2D eigenvalue weighted by Crippen LogP contribution is 2.52. The number of ether oxygens (including phenoxy) is 2. The first-order valence-electron chi connectivity index (χ1n) is 37.4. The number of esters is 2. The molecule has 12 amide bonds. The van der Waals surface area contributed by atoms with E-state index in [0.29, 0.717) is 16.4 Å². The zero-order valence-corrected chi connectivity index (χ0v) is 69.3. The van der Waals surface area contributed by atoms with E-state index in [2.05, 4.69) is 10.6 Å². The summed E-state index contributed by atoms with van der Waals surface area (Å²) in [5.41, 5.74) is -5.64. The lowest BCUT2D eigenvalue weighted by molar-refractivity contribution is -0.176. The van der Waals surface area contributed by atoms with E-state index in [1.54, 1.807) is 95.2 Å². The van der Waals surface area contributed by atoms with Crippen LogP contribution >= 0.6 is 0 Å². The van der Waals surface area contributed by atoms with Gasteiger partial charge in [-0.15, -0.1) is 0 Å². The lowest BCUT2D eigenvalue weighted by atomic mass is 9.90. The van der Waals surface area contributed by atoms with E-state index in [1.807, 2.05) is 0 Å². The van der Waals surface area contributed by atoms with E-state index < -0.39 is 240 Å². The summed E-state index contributed by atoms with van der Waals surface area (Å²) >= 11 is 0. The number of benzene rings is 1. The molecule has 2 saturated heterocycles. The highest BCUT2D eigenvalue weighted by atomic mass is 16.6. The van der Waals surface area contributed by atoms with Gasteiger partial charge in [-0.25, -0.2) is 5.06 Å². The Labute approximate surface area is 642 Å². The predicted octanol–water partition coefficient (Wildman–Crippen LogP) is 1.44. The molecule has 0 spiro atoms. The number of amides is 12. The third kappa shape index (κ3) is 20.5. The largest absolute Gasteiger partial charge is 0.462 e. The molecule has 6 N–H and O–H groups in total. The Balaban J connectivity index is 2.06. The van der Waals surface area contributed by atoms with E-state index in [9.17, 15) is 39.7 Å².